The lowest BCUT2D eigenvalue weighted by Gasteiger charge is -2.34. The van der Waals surface area contributed by atoms with Gasteiger partial charge in [-0.25, -0.2) is 0 Å². The van der Waals surface area contributed by atoms with E-state index < -0.39 is 5.91 Å². The molecular weight excluding hydrogens is 296 g/mol. The van der Waals surface area contributed by atoms with Gasteiger partial charge >= 0.3 is 0 Å². The van der Waals surface area contributed by atoms with Crippen molar-refractivity contribution in [2.45, 2.75) is 13.3 Å². The van der Waals surface area contributed by atoms with Crippen LogP contribution in [-0.2, 0) is 4.79 Å². The van der Waals surface area contributed by atoms with E-state index in [0.717, 1.165) is 24.5 Å². The van der Waals surface area contributed by atoms with Crippen LogP contribution in [0.15, 0.2) is 18.3 Å². The highest BCUT2D eigenvalue weighted by Crippen LogP contribution is 2.20. The Morgan fingerprint density at radius 2 is 1.91 bits per heavy atom. The van der Waals surface area contributed by atoms with E-state index in [0.29, 0.717) is 18.7 Å². The summed E-state index contributed by atoms with van der Waals surface area (Å²) in [6, 6.07) is 3.22. The molecule has 0 spiro atoms. The number of aromatic nitrogens is 1. The number of carbonyl (C=O) groups excluding carboxylic acids is 3. The van der Waals surface area contributed by atoms with Crippen LogP contribution in [0.4, 0.5) is 0 Å². The summed E-state index contributed by atoms with van der Waals surface area (Å²) in [7, 11) is 0. The highest BCUT2D eigenvalue weighted by Gasteiger charge is 2.36. The molecule has 1 saturated heterocycles. The Hall–Kier alpha value is -2.28. The first-order valence-electron chi connectivity index (χ1n) is 7.93. The Kier molecular flexibility index (Phi) is 4.38. The normalized spacial score (nSPS) is 18.5. The summed E-state index contributed by atoms with van der Waals surface area (Å²) in [5.41, 5.74) is 0.503. The van der Waals surface area contributed by atoms with Crippen molar-refractivity contribution in [3.05, 3.63) is 29.6 Å². The summed E-state index contributed by atoms with van der Waals surface area (Å²) in [6.07, 6.45) is 1.66. The third-order valence-corrected chi connectivity index (χ3v) is 4.45. The minimum atomic E-state index is -0.408. The molecule has 23 heavy (non-hydrogen) atoms. The van der Waals surface area contributed by atoms with Crippen LogP contribution in [0, 0.1) is 0 Å². The number of imide groups is 1. The maximum atomic E-state index is 12.3. The van der Waals surface area contributed by atoms with Gasteiger partial charge in [0.15, 0.2) is 0 Å². The monoisotopic (exact) mass is 316 g/mol. The zero-order valence-corrected chi connectivity index (χ0v) is 13.2. The molecule has 0 aromatic carbocycles. The van der Waals surface area contributed by atoms with E-state index in [-0.39, 0.29) is 30.5 Å². The zero-order chi connectivity index (χ0) is 16.4. The van der Waals surface area contributed by atoms with Gasteiger partial charge in [-0.2, -0.15) is 0 Å². The second-order valence-corrected chi connectivity index (χ2v) is 5.73. The first kappa shape index (κ1) is 15.6. The molecule has 3 rings (SSSR count). The number of fused-ring (bicyclic) bond motifs is 1. The van der Waals surface area contributed by atoms with Crippen molar-refractivity contribution in [3.8, 4) is 0 Å². The molecular formula is C16H20N4O3. The lowest BCUT2D eigenvalue weighted by molar-refractivity contribution is -0.133. The predicted octanol–water partition coefficient (Wildman–Crippen LogP) is 0.232. The van der Waals surface area contributed by atoms with Crippen molar-refractivity contribution >= 4 is 17.7 Å². The van der Waals surface area contributed by atoms with Crippen LogP contribution in [0.25, 0.3) is 0 Å². The minimum Gasteiger partial charge on any atom is -0.340 e. The van der Waals surface area contributed by atoms with Gasteiger partial charge < -0.3 is 9.80 Å². The van der Waals surface area contributed by atoms with Gasteiger partial charge in [0.1, 0.15) is 5.69 Å². The van der Waals surface area contributed by atoms with Crippen LogP contribution >= 0.6 is 0 Å². The first-order valence-corrected chi connectivity index (χ1v) is 7.93. The van der Waals surface area contributed by atoms with Gasteiger partial charge in [0.25, 0.3) is 11.8 Å². The van der Waals surface area contributed by atoms with Crippen molar-refractivity contribution < 1.29 is 14.4 Å². The van der Waals surface area contributed by atoms with Crippen LogP contribution in [0.2, 0.25) is 0 Å². The highest BCUT2D eigenvalue weighted by atomic mass is 16.2. The molecule has 0 unspecified atom stereocenters. The van der Waals surface area contributed by atoms with Crippen LogP contribution < -0.4 is 0 Å². The predicted molar refractivity (Wildman–Crippen MR) is 82.9 cm³/mol. The first-order chi connectivity index (χ1) is 11.1. The van der Waals surface area contributed by atoms with Crippen LogP contribution in [-0.4, -0.2) is 76.7 Å². The number of carbonyl (C=O) groups is 3. The fraction of sp³-hybridized carbons (Fsp3) is 0.500. The van der Waals surface area contributed by atoms with E-state index in [1.807, 2.05) is 4.90 Å². The van der Waals surface area contributed by atoms with E-state index in [2.05, 4.69) is 16.8 Å². The van der Waals surface area contributed by atoms with Crippen molar-refractivity contribution in [1.29, 1.82) is 0 Å². The number of likely N-dealkylation sites (N-methyl/N-ethyl adjacent to an activating group) is 1. The third-order valence-electron chi connectivity index (χ3n) is 4.45. The third kappa shape index (κ3) is 2.96. The number of piperazine rings is 1. The molecule has 0 N–H and O–H groups in total. The summed E-state index contributed by atoms with van der Waals surface area (Å²) < 4.78 is 0. The average Bonchev–Trinajstić information content (AvgIpc) is 2.84. The van der Waals surface area contributed by atoms with Crippen molar-refractivity contribution in [2.24, 2.45) is 0 Å². The number of nitrogens with zero attached hydrogens (tertiary/aromatic N) is 4. The molecule has 3 amide bonds. The zero-order valence-electron chi connectivity index (χ0n) is 13.2. The fourth-order valence-corrected chi connectivity index (χ4v) is 3.00. The molecule has 2 aliphatic heterocycles. The SMILES string of the molecule is CCN1CCN(C(=O)CCN2C(=O)c3cccnc3C2=O)CC1. The summed E-state index contributed by atoms with van der Waals surface area (Å²) in [5.74, 6) is -0.777. The Balaban J connectivity index is 1.56. The number of amides is 3. The lowest BCUT2D eigenvalue weighted by atomic mass is 10.2. The largest absolute Gasteiger partial charge is 0.340 e. The molecule has 0 atom stereocenters. The second kappa shape index (κ2) is 6.45. The van der Waals surface area contributed by atoms with Crippen LogP contribution in [0.5, 0.6) is 0 Å². The van der Waals surface area contributed by atoms with E-state index in [4.69, 9.17) is 0 Å². The minimum absolute atomic E-state index is 0.00901. The molecule has 1 fully saturated rings. The average molecular weight is 316 g/mol. The van der Waals surface area contributed by atoms with Crippen molar-refractivity contribution in [2.75, 3.05) is 39.3 Å². The molecule has 0 bridgehead atoms. The Morgan fingerprint density at radius 1 is 1.17 bits per heavy atom. The van der Waals surface area contributed by atoms with Crippen molar-refractivity contribution in [3.63, 3.8) is 0 Å². The lowest BCUT2D eigenvalue weighted by Crippen LogP contribution is -2.49. The van der Waals surface area contributed by atoms with Gasteiger partial charge in [-0.1, -0.05) is 6.92 Å². The molecule has 7 nitrogen and oxygen atoms in total. The van der Waals surface area contributed by atoms with Crippen molar-refractivity contribution in [1.82, 2.24) is 19.7 Å². The van der Waals surface area contributed by atoms with Gasteiger partial charge in [0.05, 0.1) is 5.56 Å². The van der Waals surface area contributed by atoms with Gasteiger partial charge in [-0.3, -0.25) is 24.3 Å². The summed E-state index contributed by atoms with van der Waals surface area (Å²) in [6.45, 7) is 6.36. The quantitative estimate of drug-likeness (QED) is 0.744. The topological polar surface area (TPSA) is 73.8 Å². The van der Waals surface area contributed by atoms with Gasteiger partial charge in [0.2, 0.25) is 5.91 Å². The van der Waals surface area contributed by atoms with E-state index in [1.165, 1.54) is 6.20 Å². The Bertz CT molecular complexity index is 603. The van der Waals surface area contributed by atoms with Gasteiger partial charge in [0, 0.05) is 45.3 Å². The Morgan fingerprint density at radius 3 is 2.57 bits per heavy atom. The van der Waals surface area contributed by atoms with E-state index in [9.17, 15) is 14.4 Å². The van der Waals surface area contributed by atoms with Crippen LogP contribution in [0.3, 0.4) is 0 Å². The van der Waals surface area contributed by atoms with Gasteiger partial charge in [-0.15, -0.1) is 0 Å². The number of hydrogen-bond acceptors (Lipinski definition) is 5. The molecule has 122 valence electrons. The maximum absolute atomic E-state index is 12.3. The standard InChI is InChI=1S/C16H20N4O3/c1-2-18-8-10-19(11-9-18)13(21)5-7-20-15(22)12-4-3-6-17-14(12)16(20)23/h3-4,6H,2,5,7-11H2,1H3. The van der Waals surface area contributed by atoms with E-state index in [1.54, 1.807) is 12.1 Å². The van der Waals surface area contributed by atoms with Gasteiger partial charge in [-0.05, 0) is 18.7 Å². The second-order valence-electron chi connectivity index (χ2n) is 5.73. The summed E-state index contributed by atoms with van der Waals surface area (Å²) in [4.78, 5) is 45.9. The molecule has 1 aromatic heterocycles. The number of rotatable bonds is 4. The highest BCUT2D eigenvalue weighted by molar-refractivity contribution is 6.20. The molecule has 3 heterocycles. The number of hydrogen-bond donors (Lipinski definition) is 0. The maximum Gasteiger partial charge on any atom is 0.280 e. The molecule has 0 saturated carbocycles. The molecule has 0 radical (unpaired) electrons. The summed E-state index contributed by atoms with van der Waals surface area (Å²) in [5, 5.41) is 0. The molecule has 7 heteroatoms. The smallest absolute Gasteiger partial charge is 0.280 e. The Labute approximate surface area is 134 Å². The summed E-state index contributed by atoms with van der Waals surface area (Å²) >= 11 is 0. The number of pyridine rings is 1. The molecule has 1 aromatic rings. The molecule has 2 aliphatic rings. The van der Waals surface area contributed by atoms with E-state index >= 15 is 0 Å². The fourth-order valence-electron chi connectivity index (χ4n) is 3.00. The molecule has 0 aliphatic carbocycles. The van der Waals surface area contributed by atoms with Crippen LogP contribution in [0.1, 0.15) is 34.2 Å².